The zero-order valence-corrected chi connectivity index (χ0v) is 25.7. The minimum Gasteiger partial charge on any atom is -0.495 e. The van der Waals surface area contributed by atoms with Crippen LogP contribution in [0.2, 0.25) is 5.02 Å². The Morgan fingerprint density at radius 2 is 1.98 bits per heavy atom. The molecule has 2 aliphatic rings. The Morgan fingerprint density at radius 3 is 2.64 bits per heavy atom. The van der Waals surface area contributed by atoms with Gasteiger partial charge in [0.2, 0.25) is 17.7 Å². The van der Waals surface area contributed by atoms with Crippen LogP contribution >= 0.6 is 27.5 Å². The molecule has 4 atom stereocenters. The number of primary amides is 1. The molecule has 1 saturated heterocycles. The molecule has 3 heterocycles. The van der Waals surface area contributed by atoms with Crippen molar-refractivity contribution in [3.05, 3.63) is 80.8 Å². The molecule has 5 rings (SSSR count). The summed E-state index contributed by atoms with van der Waals surface area (Å²) >= 11 is 9.51. The summed E-state index contributed by atoms with van der Waals surface area (Å²) in [6.45, 7) is 6.08. The van der Waals surface area contributed by atoms with Gasteiger partial charge in [0.05, 0.1) is 39.7 Å². The third-order valence-corrected chi connectivity index (χ3v) is 8.60. The average molecular weight is 659 g/mol. The number of carbonyl (C=O) groups is 3. The number of hydrogen-bond acceptors (Lipinski definition) is 6. The Bertz CT molecular complexity index is 1610. The van der Waals surface area contributed by atoms with Crippen LogP contribution in [0.4, 0.5) is 15.8 Å². The molecule has 0 radical (unpaired) electrons. The van der Waals surface area contributed by atoms with E-state index in [4.69, 9.17) is 22.1 Å². The van der Waals surface area contributed by atoms with Crippen molar-refractivity contribution >= 4 is 56.6 Å². The number of nitrogens with zero attached hydrogens (tertiary/aromatic N) is 1. The second-order valence-electron chi connectivity index (χ2n) is 11.7. The van der Waals surface area contributed by atoms with E-state index in [1.54, 1.807) is 24.3 Å². The lowest BCUT2D eigenvalue weighted by Crippen LogP contribution is -2.50. The van der Waals surface area contributed by atoms with Gasteiger partial charge >= 0.3 is 0 Å². The number of hydrogen-bond donors (Lipinski definition) is 4. The van der Waals surface area contributed by atoms with Gasteiger partial charge in [-0.1, -0.05) is 44.5 Å². The molecule has 1 aromatic heterocycles. The Morgan fingerprint density at radius 1 is 1.24 bits per heavy atom. The summed E-state index contributed by atoms with van der Waals surface area (Å²) in [5.41, 5.74) is 5.11. The number of nitrogens with two attached hydrogens (primary N) is 1. The number of rotatable bonds is 6. The maximum absolute atomic E-state index is 16.0. The van der Waals surface area contributed by atoms with Crippen LogP contribution in [-0.2, 0) is 15.0 Å². The highest BCUT2D eigenvalue weighted by Gasteiger charge is 2.67. The molecule has 3 amide bonds. The van der Waals surface area contributed by atoms with Gasteiger partial charge in [0.1, 0.15) is 17.0 Å². The van der Waals surface area contributed by atoms with Crippen molar-refractivity contribution in [1.29, 1.82) is 0 Å². The monoisotopic (exact) mass is 657 g/mol. The molecule has 4 unspecified atom stereocenters. The number of benzene rings is 2. The van der Waals surface area contributed by atoms with Gasteiger partial charge < -0.3 is 26.4 Å². The van der Waals surface area contributed by atoms with Crippen molar-refractivity contribution in [1.82, 2.24) is 10.3 Å². The fraction of sp³-hybridized carbons (Fsp3) is 0.333. The van der Waals surface area contributed by atoms with E-state index in [0.717, 1.165) is 0 Å². The van der Waals surface area contributed by atoms with Crippen molar-refractivity contribution in [2.45, 2.75) is 50.6 Å². The minimum atomic E-state index is -1.46. The highest BCUT2D eigenvalue weighted by atomic mass is 79.9. The van der Waals surface area contributed by atoms with Gasteiger partial charge in [0.15, 0.2) is 0 Å². The molecular weight excluding hydrogens is 629 g/mol. The van der Waals surface area contributed by atoms with Crippen LogP contribution in [0.1, 0.15) is 54.7 Å². The van der Waals surface area contributed by atoms with Gasteiger partial charge in [-0.3, -0.25) is 19.4 Å². The Hall–Kier alpha value is -3.54. The minimum absolute atomic E-state index is 0.171. The molecule has 0 bridgehead atoms. The predicted octanol–water partition coefficient (Wildman–Crippen LogP) is 5.13. The molecule has 0 saturated carbocycles. The lowest BCUT2D eigenvalue weighted by molar-refractivity contribution is -0.122. The Balaban J connectivity index is 1.70. The number of anilines is 2. The molecule has 42 heavy (non-hydrogen) atoms. The molecule has 0 aliphatic carbocycles. The number of ether oxygens (including phenoxy) is 1. The van der Waals surface area contributed by atoms with Crippen molar-refractivity contribution in [3.8, 4) is 5.75 Å². The van der Waals surface area contributed by atoms with Gasteiger partial charge in [-0.2, -0.15) is 0 Å². The van der Waals surface area contributed by atoms with E-state index < -0.39 is 47.0 Å². The summed E-state index contributed by atoms with van der Waals surface area (Å²) in [4.78, 5) is 44.7. The van der Waals surface area contributed by atoms with Gasteiger partial charge in [-0.15, -0.1) is 0 Å². The molecule has 2 aliphatic heterocycles. The summed E-state index contributed by atoms with van der Waals surface area (Å²) in [7, 11) is 1.40. The maximum atomic E-state index is 16.0. The van der Waals surface area contributed by atoms with E-state index in [9.17, 15) is 14.4 Å². The van der Waals surface area contributed by atoms with E-state index in [1.165, 1.54) is 31.5 Å². The second kappa shape index (κ2) is 10.9. The summed E-state index contributed by atoms with van der Waals surface area (Å²) in [6.07, 6.45) is 1.90. The first-order valence-corrected chi connectivity index (χ1v) is 14.4. The van der Waals surface area contributed by atoms with Crippen LogP contribution in [0.25, 0.3) is 0 Å². The topological polar surface area (TPSA) is 135 Å². The zero-order chi connectivity index (χ0) is 30.6. The number of halogens is 3. The lowest BCUT2D eigenvalue weighted by atomic mass is 9.64. The highest BCUT2D eigenvalue weighted by molar-refractivity contribution is 9.10. The summed E-state index contributed by atoms with van der Waals surface area (Å²) < 4.78 is 21.6. The Kier molecular flexibility index (Phi) is 7.80. The van der Waals surface area contributed by atoms with Crippen LogP contribution in [0.15, 0.2) is 53.1 Å². The molecular formula is C30H30BrClFN5O4. The van der Waals surface area contributed by atoms with Crippen LogP contribution < -0.4 is 26.4 Å². The molecule has 5 N–H and O–H groups in total. The fourth-order valence-corrected chi connectivity index (χ4v) is 6.68. The van der Waals surface area contributed by atoms with Crippen LogP contribution in [0.5, 0.6) is 5.75 Å². The number of aromatic nitrogens is 1. The largest absolute Gasteiger partial charge is 0.495 e. The van der Waals surface area contributed by atoms with Crippen molar-refractivity contribution in [3.63, 3.8) is 0 Å². The first-order valence-electron chi connectivity index (χ1n) is 13.2. The SMILES string of the molecule is COc1cc(C(N)=O)ccc1NC(=O)C1NC(CC(C)(C)C)C2(C(=O)Nc3cc(Cl)cnc32)C1c1cccc(Br)c1F. The van der Waals surface area contributed by atoms with E-state index in [-0.39, 0.29) is 32.5 Å². The highest BCUT2D eigenvalue weighted by Crippen LogP contribution is 2.56. The van der Waals surface area contributed by atoms with Crippen LogP contribution in [0, 0.1) is 11.2 Å². The summed E-state index contributed by atoms with van der Waals surface area (Å²) in [6, 6.07) is 9.09. The molecule has 2 aromatic carbocycles. The number of amides is 3. The Labute approximate surface area is 255 Å². The number of methoxy groups -OCH3 is 1. The molecule has 12 heteroatoms. The van der Waals surface area contributed by atoms with E-state index in [0.29, 0.717) is 22.8 Å². The average Bonchev–Trinajstić information content (AvgIpc) is 3.39. The van der Waals surface area contributed by atoms with E-state index in [1.807, 2.05) is 20.8 Å². The summed E-state index contributed by atoms with van der Waals surface area (Å²) in [5, 5.41) is 9.50. The zero-order valence-electron chi connectivity index (χ0n) is 23.3. The van der Waals surface area contributed by atoms with E-state index >= 15 is 4.39 Å². The normalized spacial score (nSPS) is 23.0. The first kappa shape index (κ1) is 29.9. The molecule has 1 fully saturated rings. The van der Waals surface area contributed by atoms with Gasteiger partial charge in [0.25, 0.3) is 0 Å². The standard InChI is InChI=1S/C30H30BrClFN5O4/c1-29(2,3)12-21-30(25-19(37-28(30)41)11-15(32)13-35-25)22(16-6-5-7-17(31)23(16)33)24(38-21)27(40)36-18-9-8-14(26(34)39)10-20(18)42-4/h5-11,13,21-22,24,38H,12H2,1-4H3,(H2,34,39)(H,36,40)(H,37,41). The quantitative estimate of drug-likeness (QED) is 0.290. The third kappa shape index (κ3) is 5.03. The molecule has 9 nitrogen and oxygen atoms in total. The maximum Gasteiger partial charge on any atom is 0.248 e. The van der Waals surface area contributed by atoms with Gasteiger partial charge in [-0.25, -0.2) is 4.39 Å². The molecule has 220 valence electrons. The smallest absolute Gasteiger partial charge is 0.248 e. The van der Waals surface area contributed by atoms with Gasteiger partial charge in [0, 0.05) is 23.7 Å². The first-order chi connectivity index (χ1) is 19.8. The number of fused-ring (bicyclic) bond motifs is 2. The van der Waals surface area contributed by atoms with Crippen molar-refractivity contribution in [2.24, 2.45) is 11.1 Å². The fourth-order valence-electron chi connectivity index (χ4n) is 6.14. The molecule has 1 spiro atoms. The van der Waals surface area contributed by atoms with Crippen molar-refractivity contribution < 1.29 is 23.5 Å². The van der Waals surface area contributed by atoms with Gasteiger partial charge in [-0.05, 0) is 63.7 Å². The third-order valence-electron chi connectivity index (χ3n) is 7.78. The predicted molar refractivity (Wildman–Crippen MR) is 161 cm³/mol. The number of carbonyl (C=O) groups excluding carboxylic acids is 3. The van der Waals surface area contributed by atoms with Crippen LogP contribution in [-0.4, -0.2) is 41.9 Å². The van der Waals surface area contributed by atoms with E-state index in [2.05, 4.69) is 36.9 Å². The van der Waals surface area contributed by atoms with Crippen LogP contribution in [0.3, 0.4) is 0 Å². The van der Waals surface area contributed by atoms with Crippen molar-refractivity contribution in [2.75, 3.05) is 17.7 Å². The number of pyridine rings is 1. The summed E-state index contributed by atoms with van der Waals surface area (Å²) in [5.74, 6) is -2.99. The molecule has 3 aromatic rings. The lowest BCUT2D eigenvalue weighted by Gasteiger charge is -2.37. The second-order valence-corrected chi connectivity index (χ2v) is 13.0. The number of nitrogens with one attached hydrogen (secondary N) is 3.